The Kier molecular flexibility index (Phi) is 8.33. The molecule has 42 heavy (non-hydrogen) atoms. The molecule has 6 rings (SSSR count). The number of carbonyl (C=O) groups is 1. The highest BCUT2D eigenvalue weighted by atomic mass is 32.1. The first kappa shape index (κ1) is 28.8. The van der Waals surface area contributed by atoms with Gasteiger partial charge in [-0.25, -0.2) is 4.98 Å². The molecule has 0 radical (unpaired) electrons. The van der Waals surface area contributed by atoms with Crippen LogP contribution in [0.5, 0.6) is 0 Å². The van der Waals surface area contributed by atoms with Crippen molar-refractivity contribution in [2.45, 2.75) is 84.2 Å². The van der Waals surface area contributed by atoms with E-state index in [1.54, 1.807) is 12.3 Å². The lowest BCUT2D eigenvalue weighted by molar-refractivity contribution is 0.0938. The van der Waals surface area contributed by atoms with E-state index in [9.17, 15) is 9.59 Å². The van der Waals surface area contributed by atoms with E-state index in [1.165, 1.54) is 54.7 Å². The SMILES string of the molecule is CC(C)(C)[C@H]1CCc2nc3sc(C(=O)N[C@H](CCNC4CCCC4)c4ccc(-c5ccc(=O)[nH]c5)cc4)cc3cc2C1. The molecule has 6 nitrogen and oxygen atoms in total. The average molecular weight is 583 g/mol. The van der Waals surface area contributed by atoms with Gasteiger partial charge in [0, 0.05) is 29.4 Å². The molecule has 1 fully saturated rings. The molecule has 4 aromatic rings. The van der Waals surface area contributed by atoms with Crippen LogP contribution in [-0.4, -0.2) is 28.5 Å². The fraction of sp³-hybridized carbons (Fsp3) is 0.457. The summed E-state index contributed by atoms with van der Waals surface area (Å²) in [6, 6.07) is 16.4. The third kappa shape index (κ3) is 6.52. The van der Waals surface area contributed by atoms with E-state index in [-0.39, 0.29) is 22.9 Å². The largest absolute Gasteiger partial charge is 0.344 e. The molecule has 7 heteroatoms. The van der Waals surface area contributed by atoms with Crippen LogP contribution in [0, 0.1) is 11.3 Å². The van der Waals surface area contributed by atoms with Gasteiger partial charge in [-0.1, -0.05) is 57.9 Å². The maximum absolute atomic E-state index is 13.7. The molecule has 1 aromatic carbocycles. The van der Waals surface area contributed by atoms with Gasteiger partial charge in [0.15, 0.2) is 0 Å². The van der Waals surface area contributed by atoms with E-state index in [0.717, 1.165) is 52.7 Å². The minimum atomic E-state index is -0.116. The normalized spacial score (nSPS) is 18.2. The van der Waals surface area contributed by atoms with Crippen molar-refractivity contribution in [3.05, 3.63) is 86.8 Å². The molecule has 0 aliphatic heterocycles. The van der Waals surface area contributed by atoms with Crippen molar-refractivity contribution in [2.24, 2.45) is 11.3 Å². The van der Waals surface area contributed by atoms with Crippen molar-refractivity contribution in [3.8, 4) is 11.1 Å². The summed E-state index contributed by atoms with van der Waals surface area (Å²) >= 11 is 1.50. The number of hydrogen-bond donors (Lipinski definition) is 3. The molecular formula is C35H42N4O2S. The van der Waals surface area contributed by atoms with Crippen LogP contribution in [0.1, 0.15) is 91.8 Å². The van der Waals surface area contributed by atoms with E-state index >= 15 is 0 Å². The number of nitrogens with zero attached hydrogens (tertiary/aromatic N) is 1. The molecule has 220 valence electrons. The molecule has 2 aliphatic rings. The topological polar surface area (TPSA) is 86.9 Å². The summed E-state index contributed by atoms with van der Waals surface area (Å²) in [5.41, 5.74) is 5.78. The second-order valence-corrected chi connectivity index (χ2v) is 14.2. The summed E-state index contributed by atoms with van der Waals surface area (Å²) in [6.07, 6.45) is 10.9. The number of thiophene rings is 1. The lowest BCUT2D eigenvalue weighted by atomic mass is 9.71. The molecule has 1 amide bonds. The van der Waals surface area contributed by atoms with Crippen LogP contribution in [0.4, 0.5) is 0 Å². The van der Waals surface area contributed by atoms with Crippen molar-refractivity contribution in [3.63, 3.8) is 0 Å². The van der Waals surface area contributed by atoms with Gasteiger partial charge >= 0.3 is 0 Å². The second-order valence-electron chi connectivity index (χ2n) is 13.2. The van der Waals surface area contributed by atoms with Gasteiger partial charge in [0.2, 0.25) is 5.56 Å². The Morgan fingerprint density at radius 1 is 1.05 bits per heavy atom. The number of fused-ring (bicyclic) bond motifs is 2. The van der Waals surface area contributed by atoms with Crippen LogP contribution in [-0.2, 0) is 12.8 Å². The van der Waals surface area contributed by atoms with Crippen LogP contribution in [0.25, 0.3) is 21.3 Å². The summed E-state index contributed by atoms with van der Waals surface area (Å²) in [5, 5.41) is 8.14. The number of pyridine rings is 2. The Labute approximate surface area is 252 Å². The maximum atomic E-state index is 13.7. The summed E-state index contributed by atoms with van der Waals surface area (Å²) in [5.74, 6) is 0.610. The number of rotatable bonds is 8. The van der Waals surface area contributed by atoms with E-state index in [0.29, 0.717) is 16.8 Å². The highest BCUT2D eigenvalue weighted by Gasteiger charge is 2.30. The first-order valence-electron chi connectivity index (χ1n) is 15.5. The number of hydrogen-bond acceptors (Lipinski definition) is 5. The van der Waals surface area contributed by atoms with Gasteiger partial charge in [-0.15, -0.1) is 11.3 Å². The number of aromatic amines is 1. The predicted octanol–water partition coefficient (Wildman–Crippen LogP) is 7.20. The van der Waals surface area contributed by atoms with Gasteiger partial charge in [-0.2, -0.15) is 0 Å². The first-order chi connectivity index (χ1) is 20.2. The summed E-state index contributed by atoms with van der Waals surface area (Å²) in [7, 11) is 0. The number of benzene rings is 1. The third-order valence-corrected chi connectivity index (χ3v) is 10.3. The monoisotopic (exact) mass is 582 g/mol. The van der Waals surface area contributed by atoms with Gasteiger partial charge in [-0.05, 0) is 96.9 Å². The molecule has 1 saturated carbocycles. The maximum Gasteiger partial charge on any atom is 0.261 e. The van der Waals surface area contributed by atoms with Gasteiger partial charge in [0.1, 0.15) is 4.83 Å². The standard InChI is InChI=1S/C35H42N4O2S/c1-35(2,3)27-13-14-29-25(19-27)18-26-20-31(42-34(26)39-29)33(41)38-30(16-17-36-28-6-4-5-7-28)23-10-8-22(9-11-23)24-12-15-32(40)37-21-24/h8-12,15,18,20-21,27-28,30,36H,4-7,13-14,16-17,19H2,1-3H3,(H,37,40)(H,38,41)/t27-,30+/m0/s1. The molecule has 2 aliphatic carbocycles. The fourth-order valence-electron chi connectivity index (χ4n) is 6.59. The average Bonchev–Trinajstić information content (AvgIpc) is 3.65. The van der Waals surface area contributed by atoms with E-state index in [1.807, 2.05) is 12.1 Å². The first-order valence-corrected chi connectivity index (χ1v) is 16.3. The summed E-state index contributed by atoms with van der Waals surface area (Å²) in [4.78, 5) is 34.6. The minimum absolute atomic E-state index is 0.0425. The zero-order valence-corrected chi connectivity index (χ0v) is 25.8. The number of aromatic nitrogens is 2. The lowest BCUT2D eigenvalue weighted by Gasteiger charge is -2.34. The zero-order valence-electron chi connectivity index (χ0n) is 25.0. The number of carbonyl (C=O) groups excluding carboxylic acids is 1. The molecule has 3 N–H and O–H groups in total. The summed E-state index contributed by atoms with van der Waals surface area (Å²) in [6.45, 7) is 7.85. The number of amides is 1. The quantitative estimate of drug-likeness (QED) is 0.205. The highest BCUT2D eigenvalue weighted by molar-refractivity contribution is 7.20. The van der Waals surface area contributed by atoms with Gasteiger partial charge in [-0.3, -0.25) is 9.59 Å². The summed E-state index contributed by atoms with van der Waals surface area (Å²) < 4.78 is 0. The Hall–Kier alpha value is -3.29. The van der Waals surface area contributed by atoms with Crippen LogP contribution >= 0.6 is 11.3 Å². The molecule has 0 bridgehead atoms. The molecule has 0 saturated heterocycles. The number of aryl methyl sites for hydroxylation is 1. The Balaban J connectivity index is 1.20. The van der Waals surface area contributed by atoms with Gasteiger partial charge in [0.25, 0.3) is 5.91 Å². The number of nitrogens with one attached hydrogen (secondary N) is 3. The Morgan fingerprint density at radius 3 is 2.52 bits per heavy atom. The molecular weight excluding hydrogens is 540 g/mol. The van der Waals surface area contributed by atoms with Crippen molar-refractivity contribution in [1.82, 2.24) is 20.6 Å². The second kappa shape index (κ2) is 12.1. The van der Waals surface area contributed by atoms with Gasteiger partial charge in [0.05, 0.1) is 10.9 Å². The van der Waals surface area contributed by atoms with E-state index < -0.39 is 0 Å². The fourth-order valence-corrected chi connectivity index (χ4v) is 7.52. The molecule has 3 aromatic heterocycles. The zero-order chi connectivity index (χ0) is 29.3. The van der Waals surface area contributed by atoms with Crippen molar-refractivity contribution < 1.29 is 4.79 Å². The van der Waals surface area contributed by atoms with E-state index in [4.69, 9.17) is 4.98 Å². The van der Waals surface area contributed by atoms with Gasteiger partial charge < -0.3 is 15.6 Å². The van der Waals surface area contributed by atoms with Crippen molar-refractivity contribution in [2.75, 3.05) is 6.54 Å². The third-order valence-electron chi connectivity index (χ3n) is 9.28. The Bertz CT molecular complexity index is 1590. The highest BCUT2D eigenvalue weighted by Crippen LogP contribution is 2.38. The van der Waals surface area contributed by atoms with E-state index in [2.05, 4.69) is 66.7 Å². The molecule has 0 spiro atoms. The van der Waals surface area contributed by atoms with Crippen LogP contribution in [0.2, 0.25) is 0 Å². The minimum Gasteiger partial charge on any atom is -0.344 e. The number of H-pyrrole nitrogens is 1. The van der Waals surface area contributed by atoms with Crippen molar-refractivity contribution in [1.29, 1.82) is 0 Å². The Morgan fingerprint density at radius 2 is 1.81 bits per heavy atom. The van der Waals surface area contributed by atoms with Crippen LogP contribution in [0.3, 0.4) is 0 Å². The molecule has 0 unspecified atom stereocenters. The predicted molar refractivity (Wildman–Crippen MR) is 172 cm³/mol. The van der Waals surface area contributed by atoms with Crippen LogP contribution in [0.15, 0.2) is 59.5 Å². The van der Waals surface area contributed by atoms with Crippen molar-refractivity contribution >= 4 is 27.5 Å². The molecule has 3 heterocycles. The lowest BCUT2D eigenvalue weighted by Crippen LogP contribution is -2.33. The van der Waals surface area contributed by atoms with Crippen LogP contribution < -0.4 is 16.2 Å². The molecule has 2 atom stereocenters. The smallest absolute Gasteiger partial charge is 0.261 e.